The summed E-state index contributed by atoms with van der Waals surface area (Å²) in [5.41, 5.74) is 5.44. The maximum Gasteiger partial charge on any atom is 0.148 e. The van der Waals surface area contributed by atoms with Crippen LogP contribution in [0, 0.1) is 5.82 Å². The van der Waals surface area contributed by atoms with Crippen molar-refractivity contribution in [2.24, 2.45) is 0 Å². The average Bonchev–Trinajstić information content (AvgIpc) is 3.16. The number of fused-ring (bicyclic) bond motifs is 1. The van der Waals surface area contributed by atoms with E-state index in [0.29, 0.717) is 5.56 Å². The molecule has 2 heteroatoms. The van der Waals surface area contributed by atoms with Gasteiger partial charge in [0, 0.05) is 10.4 Å². The number of hydrogen-bond acceptors (Lipinski definition) is 1. The second kappa shape index (κ2) is 8.28. The summed E-state index contributed by atoms with van der Waals surface area (Å²) in [4.78, 5) is 1.12. The van der Waals surface area contributed by atoms with E-state index in [9.17, 15) is 0 Å². The van der Waals surface area contributed by atoms with Gasteiger partial charge in [-0.05, 0) is 46.5 Å². The minimum Gasteiger partial charge on any atom is -0.205 e. The third-order valence-corrected chi connectivity index (χ3v) is 6.40. The molecule has 3 aromatic carbocycles. The lowest BCUT2D eigenvalue weighted by molar-refractivity contribution is 0.645. The smallest absolute Gasteiger partial charge is 0.148 e. The lowest BCUT2D eigenvalue weighted by Gasteiger charge is -2.06. The Kier molecular flexibility index (Phi) is 5.59. The second-order valence-corrected chi connectivity index (χ2v) is 8.40. The molecule has 0 spiro atoms. The van der Waals surface area contributed by atoms with Crippen LogP contribution >= 0.6 is 11.3 Å². The third kappa shape index (κ3) is 3.74. The third-order valence-electron chi connectivity index (χ3n) is 5.21. The van der Waals surface area contributed by atoms with Crippen LogP contribution in [-0.2, 0) is 12.8 Å². The van der Waals surface area contributed by atoms with E-state index in [1.165, 1.54) is 11.1 Å². The summed E-state index contributed by atoms with van der Waals surface area (Å²) in [6.45, 7) is 4.37. The molecular weight excluding hydrogens is 363 g/mol. The van der Waals surface area contributed by atoms with Crippen molar-refractivity contribution in [1.82, 2.24) is 0 Å². The van der Waals surface area contributed by atoms with Crippen molar-refractivity contribution in [2.45, 2.75) is 39.5 Å². The van der Waals surface area contributed by atoms with Gasteiger partial charge >= 0.3 is 0 Å². The van der Waals surface area contributed by atoms with Gasteiger partial charge in [0.05, 0.1) is 4.70 Å². The van der Waals surface area contributed by atoms with Crippen LogP contribution in [0.1, 0.15) is 37.8 Å². The van der Waals surface area contributed by atoms with Gasteiger partial charge in [0.1, 0.15) is 5.82 Å². The summed E-state index contributed by atoms with van der Waals surface area (Å²) in [5, 5.41) is 0.974. The number of halogens is 1. The fourth-order valence-corrected chi connectivity index (χ4v) is 4.80. The van der Waals surface area contributed by atoms with Gasteiger partial charge < -0.3 is 0 Å². The Balaban J connectivity index is 1.69. The monoisotopic (exact) mass is 388 g/mol. The van der Waals surface area contributed by atoms with E-state index < -0.39 is 0 Å². The lowest BCUT2D eigenvalue weighted by Crippen LogP contribution is -1.87. The molecule has 0 aliphatic heterocycles. The van der Waals surface area contributed by atoms with Crippen molar-refractivity contribution in [1.29, 1.82) is 0 Å². The first-order valence-electron chi connectivity index (χ1n) is 10.1. The molecular formula is C26H25FS. The Morgan fingerprint density at radius 2 is 1.29 bits per heavy atom. The van der Waals surface area contributed by atoms with Gasteiger partial charge in [0.2, 0.25) is 0 Å². The summed E-state index contributed by atoms with van der Waals surface area (Å²) < 4.78 is 16.0. The van der Waals surface area contributed by atoms with Crippen LogP contribution in [0.3, 0.4) is 0 Å². The summed E-state index contributed by atoms with van der Waals surface area (Å²) in [5.74, 6) is -0.111. The number of thiophene rings is 1. The number of aryl methyl sites for hydroxylation is 2. The summed E-state index contributed by atoms with van der Waals surface area (Å²) in [6, 6.07) is 23.0. The minimum atomic E-state index is -0.111. The van der Waals surface area contributed by atoms with Crippen LogP contribution < -0.4 is 0 Å². The summed E-state index contributed by atoms with van der Waals surface area (Å²) >= 11 is 1.54. The highest BCUT2D eigenvalue weighted by Crippen LogP contribution is 2.38. The van der Waals surface area contributed by atoms with E-state index in [1.54, 1.807) is 11.3 Å². The highest BCUT2D eigenvalue weighted by molar-refractivity contribution is 7.22. The Labute approximate surface area is 170 Å². The van der Waals surface area contributed by atoms with Gasteiger partial charge in [0.25, 0.3) is 0 Å². The Morgan fingerprint density at radius 1 is 0.714 bits per heavy atom. The first kappa shape index (κ1) is 18.9. The van der Waals surface area contributed by atoms with E-state index in [2.05, 4.69) is 56.3 Å². The van der Waals surface area contributed by atoms with Crippen molar-refractivity contribution in [3.05, 3.63) is 83.7 Å². The molecule has 0 atom stereocenters. The van der Waals surface area contributed by atoms with Crippen LogP contribution in [0.2, 0.25) is 0 Å². The molecule has 0 unspecified atom stereocenters. The van der Waals surface area contributed by atoms with E-state index in [0.717, 1.165) is 51.8 Å². The fraction of sp³-hybridized carbons (Fsp3) is 0.231. The van der Waals surface area contributed by atoms with Gasteiger partial charge in [-0.3, -0.25) is 0 Å². The molecule has 0 radical (unpaired) electrons. The van der Waals surface area contributed by atoms with Crippen LogP contribution in [-0.4, -0.2) is 0 Å². The van der Waals surface area contributed by atoms with Crippen molar-refractivity contribution in [2.75, 3.05) is 0 Å². The van der Waals surface area contributed by atoms with Crippen LogP contribution in [0.15, 0.2) is 66.7 Å². The molecule has 0 bridgehead atoms. The molecule has 28 heavy (non-hydrogen) atoms. The van der Waals surface area contributed by atoms with E-state index >= 15 is 4.39 Å². The fourth-order valence-electron chi connectivity index (χ4n) is 3.70. The molecule has 0 saturated heterocycles. The molecule has 1 heterocycles. The molecule has 4 rings (SSSR count). The average molecular weight is 389 g/mol. The first-order chi connectivity index (χ1) is 13.7. The summed E-state index contributed by atoms with van der Waals surface area (Å²) in [6.07, 6.45) is 4.43. The Morgan fingerprint density at radius 3 is 1.86 bits per heavy atom. The van der Waals surface area contributed by atoms with Gasteiger partial charge in [-0.2, -0.15) is 0 Å². The van der Waals surface area contributed by atoms with E-state index in [4.69, 9.17) is 0 Å². The van der Waals surface area contributed by atoms with Gasteiger partial charge in [-0.1, -0.05) is 87.4 Å². The summed E-state index contributed by atoms with van der Waals surface area (Å²) in [7, 11) is 0. The molecule has 0 fully saturated rings. The molecule has 0 amide bonds. The number of rotatable bonds is 6. The molecule has 142 valence electrons. The predicted octanol–water partition coefficient (Wildman–Crippen LogP) is 8.28. The maximum atomic E-state index is 15.3. The zero-order valence-corrected chi connectivity index (χ0v) is 17.3. The second-order valence-electron chi connectivity index (χ2n) is 7.35. The zero-order valence-electron chi connectivity index (χ0n) is 16.5. The van der Waals surface area contributed by atoms with E-state index in [-0.39, 0.29) is 5.82 Å². The van der Waals surface area contributed by atoms with Crippen molar-refractivity contribution in [3.8, 4) is 21.6 Å². The highest BCUT2D eigenvalue weighted by Gasteiger charge is 2.13. The largest absolute Gasteiger partial charge is 0.205 e. The molecule has 0 aliphatic rings. The zero-order chi connectivity index (χ0) is 19.5. The standard InChI is InChI=1S/C26H25FS/c1-3-5-18-7-11-20(12-8-18)23-16-15-22-17-24(28-26(22)25(23)27)21-13-9-19(6-4-2)10-14-21/h7-17H,3-6H2,1-2H3. The van der Waals surface area contributed by atoms with Crippen molar-refractivity contribution >= 4 is 21.4 Å². The quantitative estimate of drug-likeness (QED) is 0.312. The molecule has 0 aliphatic carbocycles. The predicted molar refractivity (Wildman–Crippen MR) is 121 cm³/mol. The van der Waals surface area contributed by atoms with Crippen LogP contribution in [0.5, 0.6) is 0 Å². The van der Waals surface area contributed by atoms with Crippen molar-refractivity contribution in [3.63, 3.8) is 0 Å². The van der Waals surface area contributed by atoms with E-state index in [1.807, 2.05) is 24.3 Å². The van der Waals surface area contributed by atoms with Gasteiger partial charge in [-0.15, -0.1) is 11.3 Å². The van der Waals surface area contributed by atoms with Gasteiger partial charge in [-0.25, -0.2) is 4.39 Å². The normalized spacial score (nSPS) is 11.2. The number of hydrogen-bond donors (Lipinski definition) is 0. The molecule has 0 saturated carbocycles. The van der Waals surface area contributed by atoms with Crippen LogP contribution in [0.4, 0.5) is 4.39 Å². The highest BCUT2D eigenvalue weighted by atomic mass is 32.1. The Bertz CT molecular complexity index is 1070. The maximum absolute atomic E-state index is 15.3. The molecule has 0 nitrogen and oxygen atoms in total. The van der Waals surface area contributed by atoms with Crippen molar-refractivity contribution < 1.29 is 4.39 Å². The lowest BCUT2D eigenvalue weighted by atomic mass is 10.0. The molecule has 0 N–H and O–H groups in total. The first-order valence-corrected chi connectivity index (χ1v) is 10.9. The molecule has 4 aromatic rings. The SMILES string of the molecule is CCCc1ccc(-c2cc3ccc(-c4ccc(CCC)cc4)c(F)c3s2)cc1. The van der Waals surface area contributed by atoms with Crippen LogP contribution in [0.25, 0.3) is 31.7 Å². The Hall–Kier alpha value is -2.45. The van der Waals surface area contributed by atoms with Gasteiger partial charge in [0.15, 0.2) is 0 Å². The minimum absolute atomic E-state index is 0.111. The number of benzene rings is 3. The topological polar surface area (TPSA) is 0 Å². The molecule has 1 aromatic heterocycles.